The minimum absolute atomic E-state index is 0.0464. The SMILES string of the molecule is CCCCC/C=C/C/C=C/C/C=C/CCCCCCC(=O)OC[C@H](COP(=O)(O)OCCN)OC(=O)CCCCC/C=C/CCCCCCCC. The molecule has 51 heavy (non-hydrogen) atoms. The highest BCUT2D eigenvalue weighted by Crippen LogP contribution is 2.43. The zero-order valence-electron chi connectivity index (χ0n) is 32.3. The molecule has 0 saturated heterocycles. The third kappa shape index (κ3) is 37.5. The Bertz CT molecular complexity index is 981. The number of allylic oxidation sites excluding steroid dienone is 8. The van der Waals surface area contributed by atoms with Gasteiger partial charge in [0.1, 0.15) is 6.61 Å². The predicted molar refractivity (Wildman–Crippen MR) is 210 cm³/mol. The van der Waals surface area contributed by atoms with Crippen molar-refractivity contribution >= 4 is 19.8 Å². The molecular formula is C41H74NO8P. The number of esters is 2. The van der Waals surface area contributed by atoms with Gasteiger partial charge in [0.05, 0.1) is 13.2 Å². The maximum atomic E-state index is 12.5. The average molecular weight is 740 g/mol. The Hall–Kier alpha value is -2.03. The number of nitrogens with two attached hydrogens (primary N) is 1. The van der Waals surface area contributed by atoms with Gasteiger partial charge >= 0.3 is 19.8 Å². The lowest BCUT2D eigenvalue weighted by Crippen LogP contribution is -2.29. The molecule has 0 radical (unpaired) electrons. The van der Waals surface area contributed by atoms with Crippen molar-refractivity contribution in [3.63, 3.8) is 0 Å². The van der Waals surface area contributed by atoms with E-state index in [1.54, 1.807) is 0 Å². The van der Waals surface area contributed by atoms with Crippen LogP contribution < -0.4 is 5.73 Å². The van der Waals surface area contributed by atoms with Gasteiger partial charge in [0.2, 0.25) is 0 Å². The van der Waals surface area contributed by atoms with E-state index in [-0.39, 0.29) is 32.6 Å². The second-order valence-corrected chi connectivity index (χ2v) is 14.6. The minimum Gasteiger partial charge on any atom is -0.462 e. The Morgan fingerprint density at radius 3 is 1.59 bits per heavy atom. The second kappa shape index (κ2) is 37.7. The summed E-state index contributed by atoms with van der Waals surface area (Å²) in [5, 5.41) is 0. The Kier molecular flexibility index (Phi) is 36.2. The molecule has 0 saturated carbocycles. The largest absolute Gasteiger partial charge is 0.472 e. The van der Waals surface area contributed by atoms with E-state index in [1.807, 2.05) is 0 Å². The first-order valence-electron chi connectivity index (χ1n) is 20.1. The smallest absolute Gasteiger partial charge is 0.462 e. The van der Waals surface area contributed by atoms with Gasteiger partial charge < -0.3 is 20.1 Å². The summed E-state index contributed by atoms with van der Waals surface area (Å²) >= 11 is 0. The fourth-order valence-corrected chi connectivity index (χ4v) is 5.93. The molecule has 0 heterocycles. The topological polar surface area (TPSA) is 134 Å². The Labute approximate surface area is 311 Å². The number of phosphoric acid groups is 1. The van der Waals surface area contributed by atoms with Crippen LogP contribution in [0.1, 0.15) is 168 Å². The summed E-state index contributed by atoms with van der Waals surface area (Å²) in [5.41, 5.74) is 5.33. The van der Waals surface area contributed by atoms with E-state index in [0.29, 0.717) is 12.8 Å². The standard InChI is InChI=1S/C41H74NO8P/c1-3-5-7-9-11-13-15-17-18-19-20-22-23-25-27-29-31-33-40(43)47-37-39(38-49-51(45,46)48-36-35-42)50-41(44)34-32-30-28-26-24-21-16-14-12-10-8-6-4-2/h11,13,17-18,20-22,24,39H,3-10,12,14-16,19,23,25-38,42H2,1-2H3,(H,45,46)/b13-11+,18-17+,22-20+,24-21+/t39-/m1/s1. The maximum absolute atomic E-state index is 12.5. The third-order valence-electron chi connectivity index (χ3n) is 8.19. The lowest BCUT2D eigenvalue weighted by atomic mass is 10.1. The predicted octanol–water partition coefficient (Wildman–Crippen LogP) is 11.2. The molecule has 0 aromatic rings. The maximum Gasteiger partial charge on any atom is 0.472 e. The third-order valence-corrected chi connectivity index (χ3v) is 9.17. The van der Waals surface area contributed by atoms with Crippen molar-refractivity contribution < 1.29 is 37.6 Å². The van der Waals surface area contributed by atoms with Gasteiger partial charge in [-0.25, -0.2) is 4.57 Å². The second-order valence-electron chi connectivity index (χ2n) is 13.1. The van der Waals surface area contributed by atoms with Crippen molar-refractivity contribution in [1.29, 1.82) is 0 Å². The van der Waals surface area contributed by atoms with Crippen LogP contribution >= 0.6 is 7.82 Å². The van der Waals surface area contributed by atoms with Crippen LogP contribution in [0.4, 0.5) is 0 Å². The Morgan fingerprint density at radius 2 is 1.02 bits per heavy atom. The molecule has 0 rings (SSSR count). The van der Waals surface area contributed by atoms with Crippen molar-refractivity contribution in [3.8, 4) is 0 Å². The molecule has 2 atom stereocenters. The van der Waals surface area contributed by atoms with E-state index in [0.717, 1.165) is 64.2 Å². The lowest BCUT2D eigenvalue weighted by molar-refractivity contribution is -0.161. The molecular weight excluding hydrogens is 665 g/mol. The molecule has 0 aliphatic rings. The summed E-state index contributed by atoms with van der Waals surface area (Å²) in [6.45, 7) is 3.63. The number of carbonyl (C=O) groups is 2. The van der Waals surface area contributed by atoms with E-state index < -0.39 is 32.5 Å². The molecule has 0 bridgehead atoms. The van der Waals surface area contributed by atoms with E-state index in [9.17, 15) is 19.0 Å². The van der Waals surface area contributed by atoms with Gasteiger partial charge in [0.25, 0.3) is 0 Å². The highest BCUT2D eigenvalue weighted by molar-refractivity contribution is 7.47. The lowest BCUT2D eigenvalue weighted by Gasteiger charge is -2.19. The van der Waals surface area contributed by atoms with Gasteiger partial charge in [-0.2, -0.15) is 0 Å². The van der Waals surface area contributed by atoms with E-state index in [1.165, 1.54) is 64.2 Å². The number of unbranched alkanes of at least 4 members (excludes halogenated alkanes) is 16. The van der Waals surface area contributed by atoms with Crippen molar-refractivity contribution in [2.24, 2.45) is 5.73 Å². The molecule has 1 unspecified atom stereocenters. The molecule has 0 amide bonds. The van der Waals surface area contributed by atoms with Gasteiger partial charge in [-0.1, -0.05) is 127 Å². The van der Waals surface area contributed by atoms with Crippen LogP contribution in [0.5, 0.6) is 0 Å². The van der Waals surface area contributed by atoms with Crippen LogP contribution in [-0.4, -0.2) is 49.3 Å². The molecule has 0 spiro atoms. The normalized spacial score (nSPS) is 13.9. The fraction of sp³-hybridized carbons (Fsp3) is 0.756. The van der Waals surface area contributed by atoms with E-state index in [2.05, 4.69) is 62.5 Å². The zero-order valence-corrected chi connectivity index (χ0v) is 33.2. The number of hydrogen-bond acceptors (Lipinski definition) is 8. The van der Waals surface area contributed by atoms with Crippen LogP contribution in [0.25, 0.3) is 0 Å². The van der Waals surface area contributed by atoms with Crippen molar-refractivity contribution in [1.82, 2.24) is 0 Å². The van der Waals surface area contributed by atoms with Crippen molar-refractivity contribution in [3.05, 3.63) is 48.6 Å². The zero-order chi connectivity index (χ0) is 37.5. The van der Waals surface area contributed by atoms with Gasteiger partial charge in [-0.15, -0.1) is 0 Å². The highest BCUT2D eigenvalue weighted by Gasteiger charge is 2.25. The van der Waals surface area contributed by atoms with Gasteiger partial charge in [0.15, 0.2) is 6.10 Å². The molecule has 0 fully saturated rings. The molecule has 9 nitrogen and oxygen atoms in total. The Morgan fingerprint density at radius 1 is 0.588 bits per heavy atom. The van der Waals surface area contributed by atoms with Gasteiger partial charge in [-0.3, -0.25) is 18.6 Å². The monoisotopic (exact) mass is 740 g/mol. The molecule has 0 aromatic heterocycles. The summed E-state index contributed by atoms with van der Waals surface area (Å²) in [5.74, 6) is -0.876. The number of ether oxygens (including phenoxy) is 2. The average Bonchev–Trinajstić information content (AvgIpc) is 3.11. The van der Waals surface area contributed by atoms with Gasteiger partial charge in [-0.05, 0) is 77.0 Å². The van der Waals surface area contributed by atoms with E-state index >= 15 is 0 Å². The summed E-state index contributed by atoms with van der Waals surface area (Å²) in [4.78, 5) is 34.7. The van der Waals surface area contributed by atoms with Crippen molar-refractivity contribution in [2.75, 3.05) is 26.4 Å². The Balaban J connectivity index is 4.26. The number of hydrogen-bond donors (Lipinski definition) is 2. The minimum atomic E-state index is -4.38. The fourth-order valence-electron chi connectivity index (χ4n) is 5.16. The quantitative estimate of drug-likeness (QED) is 0.0276. The molecule has 10 heteroatoms. The van der Waals surface area contributed by atoms with Crippen molar-refractivity contribution in [2.45, 2.75) is 174 Å². The molecule has 0 aliphatic carbocycles. The summed E-state index contributed by atoms with van der Waals surface area (Å²) in [6, 6.07) is 0. The first-order chi connectivity index (χ1) is 24.8. The first-order valence-corrected chi connectivity index (χ1v) is 21.6. The number of carbonyl (C=O) groups excluding carboxylic acids is 2. The summed E-state index contributed by atoms with van der Waals surface area (Å²) in [6.07, 6.45) is 41.4. The number of phosphoric ester groups is 1. The van der Waals surface area contributed by atoms with Gasteiger partial charge in [0, 0.05) is 19.4 Å². The summed E-state index contributed by atoms with van der Waals surface area (Å²) < 4.78 is 32.6. The van der Waals surface area contributed by atoms with Crippen LogP contribution in [-0.2, 0) is 32.7 Å². The first kappa shape index (κ1) is 49.0. The van der Waals surface area contributed by atoms with Crippen LogP contribution in [0, 0.1) is 0 Å². The molecule has 3 N–H and O–H groups in total. The highest BCUT2D eigenvalue weighted by atomic mass is 31.2. The summed E-state index contributed by atoms with van der Waals surface area (Å²) in [7, 11) is -4.38. The number of rotatable bonds is 37. The van der Waals surface area contributed by atoms with Crippen LogP contribution in [0.15, 0.2) is 48.6 Å². The molecule has 296 valence electrons. The van der Waals surface area contributed by atoms with E-state index in [4.69, 9.17) is 24.3 Å². The molecule has 0 aliphatic heterocycles. The van der Waals surface area contributed by atoms with Crippen LogP contribution in [0.2, 0.25) is 0 Å². The van der Waals surface area contributed by atoms with Crippen LogP contribution in [0.3, 0.4) is 0 Å². The molecule has 0 aromatic carbocycles.